The zero-order valence-corrected chi connectivity index (χ0v) is 12.2. The molecule has 3 N–H and O–H groups in total. The van der Waals surface area contributed by atoms with Crippen LogP contribution >= 0.6 is 23.5 Å². The van der Waals surface area contributed by atoms with Crippen LogP contribution in [0.5, 0.6) is 0 Å². The molecule has 0 bridgehead atoms. The fourth-order valence-electron chi connectivity index (χ4n) is 1.15. The maximum absolute atomic E-state index is 9.32. The lowest BCUT2D eigenvalue weighted by molar-refractivity contribution is 0.113. The average molecular weight is 289 g/mol. The Morgan fingerprint density at radius 1 is 1.44 bits per heavy atom. The van der Waals surface area contributed by atoms with E-state index in [0.717, 1.165) is 23.8 Å². The number of anilines is 1. The maximum Gasteiger partial charge on any atom is 0.190 e. The minimum absolute atomic E-state index is 0.228. The van der Waals surface area contributed by atoms with Crippen molar-refractivity contribution >= 4 is 29.3 Å². The van der Waals surface area contributed by atoms with Crippen molar-refractivity contribution in [2.45, 2.75) is 29.6 Å². The van der Waals surface area contributed by atoms with Gasteiger partial charge in [0, 0.05) is 18.4 Å². The highest BCUT2D eigenvalue weighted by atomic mass is 32.2. The van der Waals surface area contributed by atoms with Gasteiger partial charge in [0.05, 0.1) is 12.7 Å². The summed E-state index contributed by atoms with van der Waals surface area (Å²) in [5.74, 6) is 1.23. The van der Waals surface area contributed by atoms with Crippen LogP contribution in [0.3, 0.4) is 0 Å². The first kappa shape index (κ1) is 15.6. The Kier molecular flexibility index (Phi) is 7.41. The fourth-order valence-corrected chi connectivity index (χ4v) is 2.40. The van der Waals surface area contributed by atoms with Gasteiger partial charge in [-0.25, -0.2) is 9.97 Å². The molecule has 0 aliphatic heterocycles. The quantitative estimate of drug-likeness (QED) is 0.380. The molecule has 5 nitrogen and oxygen atoms in total. The molecule has 18 heavy (non-hydrogen) atoms. The molecule has 1 heterocycles. The van der Waals surface area contributed by atoms with Crippen molar-refractivity contribution < 1.29 is 10.2 Å². The lowest BCUT2D eigenvalue weighted by Crippen LogP contribution is -2.14. The van der Waals surface area contributed by atoms with E-state index in [4.69, 9.17) is 5.11 Å². The molecule has 0 spiro atoms. The number of hydrogen-bond donors (Lipinski definition) is 3. The molecule has 0 aliphatic carbocycles. The van der Waals surface area contributed by atoms with Crippen molar-refractivity contribution in [3.63, 3.8) is 0 Å². The molecule has 1 rings (SSSR count). The fraction of sp³-hybridized carbons (Fsp3) is 0.636. The number of nitrogens with one attached hydrogen (secondary N) is 1. The number of rotatable bonds is 8. The summed E-state index contributed by atoms with van der Waals surface area (Å²) in [6.07, 6.45) is 2.25. The Labute approximate surface area is 116 Å². The van der Waals surface area contributed by atoms with Gasteiger partial charge in [0.15, 0.2) is 5.16 Å². The first-order valence-electron chi connectivity index (χ1n) is 5.78. The van der Waals surface area contributed by atoms with Crippen molar-refractivity contribution in [3.05, 3.63) is 6.07 Å². The molecule has 1 unspecified atom stereocenters. The molecular formula is C11H19N3O2S2. The highest BCUT2D eigenvalue weighted by Gasteiger charge is 2.07. The van der Waals surface area contributed by atoms with Crippen LogP contribution in [0.2, 0.25) is 0 Å². The summed E-state index contributed by atoms with van der Waals surface area (Å²) < 4.78 is 0. The van der Waals surface area contributed by atoms with E-state index in [1.54, 1.807) is 0 Å². The summed E-state index contributed by atoms with van der Waals surface area (Å²) in [6, 6.07) is 1.87. The molecule has 0 amide bonds. The van der Waals surface area contributed by atoms with Crippen LogP contribution in [0, 0.1) is 0 Å². The van der Waals surface area contributed by atoms with E-state index in [-0.39, 0.29) is 6.61 Å². The minimum Gasteiger partial charge on any atom is -0.394 e. The number of thioether (sulfide) groups is 2. The van der Waals surface area contributed by atoms with Gasteiger partial charge in [-0.1, -0.05) is 18.7 Å². The average Bonchev–Trinajstić information content (AvgIpc) is 2.42. The monoisotopic (exact) mass is 289 g/mol. The van der Waals surface area contributed by atoms with Gasteiger partial charge in [-0.05, 0) is 12.7 Å². The highest BCUT2D eigenvalue weighted by Crippen LogP contribution is 2.22. The van der Waals surface area contributed by atoms with Crippen LogP contribution in [-0.4, -0.2) is 51.4 Å². The van der Waals surface area contributed by atoms with Gasteiger partial charge in [0.25, 0.3) is 0 Å². The molecule has 0 radical (unpaired) electrons. The Morgan fingerprint density at radius 2 is 2.22 bits per heavy atom. The second kappa shape index (κ2) is 8.58. The molecule has 0 fully saturated rings. The van der Waals surface area contributed by atoms with Crippen LogP contribution < -0.4 is 5.32 Å². The summed E-state index contributed by atoms with van der Waals surface area (Å²) in [7, 11) is 0. The molecule has 7 heteroatoms. The van der Waals surface area contributed by atoms with Crippen molar-refractivity contribution in [2.24, 2.45) is 0 Å². The second-order valence-electron chi connectivity index (χ2n) is 3.65. The largest absolute Gasteiger partial charge is 0.394 e. The molecule has 0 aliphatic rings. The molecule has 1 aromatic rings. The Morgan fingerprint density at radius 3 is 2.83 bits per heavy atom. The summed E-state index contributed by atoms with van der Waals surface area (Å²) in [6.45, 7) is 2.74. The number of hydrogen-bond acceptors (Lipinski definition) is 7. The van der Waals surface area contributed by atoms with Crippen LogP contribution in [-0.2, 0) is 0 Å². The van der Waals surface area contributed by atoms with Crippen LogP contribution in [0.15, 0.2) is 16.2 Å². The summed E-state index contributed by atoms with van der Waals surface area (Å²) >= 11 is 2.90. The summed E-state index contributed by atoms with van der Waals surface area (Å²) in [4.78, 5) is 8.70. The van der Waals surface area contributed by atoms with Crippen LogP contribution in [0.1, 0.15) is 13.3 Å². The topological polar surface area (TPSA) is 78.3 Å². The zero-order valence-electron chi connectivity index (χ0n) is 10.6. The van der Waals surface area contributed by atoms with Gasteiger partial charge in [-0.15, -0.1) is 11.8 Å². The molecular weight excluding hydrogens is 270 g/mol. The lowest BCUT2D eigenvalue weighted by Gasteiger charge is -2.09. The van der Waals surface area contributed by atoms with Gasteiger partial charge in [0.2, 0.25) is 0 Å². The SMILES string of the molecule is CCCNc1cc(SCC(O)CO)nc(SC)n1. The van der Waals surface area contributed by atoms with E-state index in [9.17, 15) is 5.11 Å². The maximum atomic E-state index is 9.32. The first-order chi connectivity index (χ1) is 8.69. The third kappa shape index (κ3) is 5.43. The van der Waals surface area contributed by atoms with Gasteiger partial charge in [0.1, 0.15) is 10.8 Å². The normalized spacial score (nSPS) is 12.4. The Hall–Kier alpha value is -0.500. The number of aliphatic hydroxyl groups is 2. The predicted molar refractivity (Wildman–Crippen MR) is 76.4 cm³/mol. The Bertz CT molecular complexity index is 366. The van der Waals surface area contributed by atoms with Crippen molar-refractivity contribution in [3.8, 4) is 0 Å². The standard InChI is InChI=1S/C11H19N3O2S2/c1-3-4-12-9-5-10(14-11(13-9)17-2)18-7-8(16)6-15/h5,8,15-16H,3-4,6-7H2,1-2H3,(H,12,13,14). The molecule has 1 aromatic heterocycles. The van der Waals surface area contributed by atoms with E-state index in [2.05, 4.69) is 22.2 Å². The third-order valence-corrected chi connectivity index (χ3v) is 3.66. The predicted octanol–water partition coefficient (Wildman–Crippen LogP) is 1.47. The lowest BCUT2D eigenvalue weighted by atomic mass is 10.4. The van der Waals surface area contributed by atoms with E-state index >= 15 is 0 Å². The zero-order chi connectivity index (χ0) is 13.4. The first-order valence-corrected chi connectivity index (χ1v) is 7.99. The van der Waals surface area contributed by atoms with Crippen molar-refractivity contribution in [1.82, 2.24) is 9.97 Å². The minimum atomic E-state index is -0.713. The smallest absolute Gasteiger partial charge is 0.190 e. The van der Waals surface area contributed by atoms with E-state index in [0.29, 0.717) is 10.9 Å². The highest BCUT2D eigenvalue weighted by molar-refractivity contribution is 7.99. The van der Waals surface area contributed by atoms with Gasteiger partial charge in [-0.2, -0.15) is 0 Å². The van der Waals surface area contributed by atoms with Crippen molar-refractivity contribution in [2.75, 3.05) is 30.5 Å². The number of aromatic nitrogens is 2. The third-order valence-electron chi connectivity index (χ3n) is 2.06. The van der Waals surface area contributed by atoms with Gasteiger partial charge in [-0.3, -0.25) is 0 Å². The molecule has 0 saturated heterocycles. The van der Waals surface area contributed by atoms with E-state index < -0.39 is 6.10 Å². The van der Waals surface area contributed by atoms with Gasteiger partial charge >= 0.3 is 0 Å². The molecule has 102 valence electrons. The summed E-state index contributed by atoms with van der Waals surface area (Å²) in [5, 5.41) is 22.8. The molecule has 0 aromatic carbocycles. The van der Waals surface area contributed by atoms with Crippen molar-refractivity contribution in [1.29, 1.82) is 0 Å². The summed E-state index contributed by atoms with van der Waals surface area (Å²) in [5.41, 5.74) is 0. The van der Waals surface area contributed by atoms with E-state index in [1.807, 2.05) is 12.3 Å². The second-order valence-corrected chi connectivity index (χ2v) is 5.47. The van der Waals surface area contributed by atoms with Gasteiger partial charge < -0.3 is 15.5 Å². The number of nitrogens with zero attached hydrogens (tertiary/aromatic N) is 2. The molecule has 1 atom stereocenters. The Balaban J connectivity index is 2.70. The molecule has 0 saturated carbocycles. The van der Waals surface area contributed by atoms with Crippen LogP contribution in [0.4, 0.5) is 5.82 Å². The van der Waals surface area contributed by atoms with E-state index in [1.165, 1.54) is 23.5 Å². The van der Waals surface area contributed by atoms with Crippen LogP contribution in [0.25, 0.3) is 0 Å². The number of aliphatic hydroxyl groups excluding tert-OH is 2.